The number of cyclic esters (lactones) is 1. The third kappa shape index (κ3) is 4.04. The van der Waals surface area contributed by atoms with Crippen molar-refractivity contribution in [3.05, 3.63) is 77.7 Å². The number of amides is 3. The molecular formula is C21H17FN4O4. The van der Waals surface area contributed by atoms with Crippen LogP contribution in [-0.4, -0.2) is 46.2 Å². The predicted molar refractivity (Wildman–Crippen MR) is 104 cm³/mol. The number of nitrogens with one attached hydrogen (secondary N) is 2. The highest BCUT2D eigenvalue weighted by atomic mass is 19.1. The Morgan fingerprint density at radius 1 is 1.17 bits per heavy atom. The highest BCUT2D eigenvalue weighted by Gasteiger charge is 2.34. The molecular weight excluding hydrogens is 391 g/mol. The fourth-order valence-electron chi connectivity index (χ4n) is 3.10. The topological polar surface area (TPSA) is 104 Å². The number of rotatable bonds is 6. The van der Waals surface area contributed by atoms with Gasteiger partial charge in [-0.15, -0.1) is 0 Å². The lowest BCUT2D eigenvalue weighted by Gasteiger charge is -2.22. The molecule has 1 aliphatic heterocycles. The predicted octanol–water partition coefficient (Wildman–Crippen LogP) is 2.67. The van der Waals surface area contributed by atoms with E-state index in [-0.39, 0.29) is 24.7 Å². The number of hydrogen-bond donors (Lipinski definition) is 2. The lowest BCUT2D eigenvalue weighted by atomic mass is 10.1. The number of carbonyl (C=O) groups excluding carboxylic acids is 3. The highest BCUT2D eigenvalue weighted by Crippen LogP contribution is 2.20. The van der Waals surface area contributed by atoms with Crippen LogP contribution in [0.4, 0.5) is 9.18 Å². The van der Waals surface area contributed by atoms with E-state index < -0.39 is 23.9 Å². The van der Waals surface area contributed by atoms with Crippen LogP contribution in [0.15, 0.2) is 60.7 Å². The Hall–Kier alpha value is -4.01. The van der Waals surface area contributed by atoms with Crippen molar-refractivity contribution in [1.82, 2.24) is 20.4 Å². The molecule has 2 N–H and O–H groups in total. The smallest absolute Gasteiger partial charge is 0.417 e. The molecule has 1 aromatic heterocycles. The summed E-state index contributed by atoms with van der Waals surface area (Å²) < 4.78 is 17.9. The van der Waals surface area contributed by atoms with Crippen molar-refractivity contribution in [2.75, 3.05) is 13.2 Å². The molecule has 0 radical (unpaired) electrons. The number of ether oxygens (including phenoxy) is 1. The van der Waals surface area contributed by atoms with Crippen LogP contribution < -0.4 is 5.32 Å². The van der Waals surface area contributed by atoms with Crippen LogP contribution in [0, 0.1) is 5.82 Å². The van der Waals surface area contributed by atoms with Crippen molar-refractivity contribution in [2.45, 2.75) is 6.04 Å². The Balaban J connectivity index is 1.54. The van der Waals surface area contributed by atoms with E-state index in [0.29, 0.717) is 11.3 Å². The first-order chi connectivity index (χ1) is 14.5. The number of halogens is 1. The van der Waals surface area contributed by atoms with E-state index in [2.05, 4.69) is 15.5 Å². The summed E-state index contributed by atoms with van der Waals surface area (Å²) in [5.41, 5.74) is 2.04. The summed E-state index contributed by atoms with van der Waals surface area (Å²) in [5.74, 6) is -1.30. The summed E-state index contributed by atoms with van der Waals surface area (Å²) in [4.78, 5) is 37.5. The van der Waals surface area contributed by atoms with E-state index >= 15 is 0 Å². The highest BCUT2D eigenvalue weighted by molar-refractivity contribution is 5.98. The molecule has 9 heteroatoms. The van der Waals surface area contributed by atoms with Gasteiger partial charge in [-0.2, -0.15) is 5.10 Å². The van der Waals surface area contributed by atoms with E-state index in [1.165, 1.54) is 12.1 Å². The van der Waals surface area contributed by atoms with Crippen LogP contribution >= 0.6 is 0 Å². The minimum Gasteiger partial charge on any atom is -0.439 e. The van der Waals surface area contributed by atoms with Gasteiger partial charge >= 0.3 is 6.09 Å². The molecule has 30 heavy (non-hydrogen) atoms. The van der Waals surface area contributed by atoms with Gasteiger partial charge in [-0.25, -0.2) is 14.1 Å². The molecule has 152 valence electrons. The fraction of sp³-hybridized carbons (Fsp3) is 0.143. The van der Waals surface area contributed by atoms with Gasteiger partial charge in [0, 0.05) is 5.56 Å². The van der Waals surface area contributed by atoms with Crippen LogP contribution in [0.5, 0.6) is 0 Å². The number of imide groups is 1. The van der Waals surface area contributed by atoms with E-state index in [1.807, 2.05) is 6.07 Å². The quantitative estimate of drug-likeness (QED) is 0.653. The molecule has 1 fully saturated rings. The number of nitrogens with zero attached hydrogens (tertiary/aromatic N) is 2. The van der Waals surface area contributed by atoms with Gasteiger partial charge in [-0.1, -0.05) is 30.3 Å². The zero-order valence-corrected chi connectivity index (χ0v) is 15.7. The van der Waals surface area contributed by atoms with Crippen LogP contribution in [0.2, 0.25) is 0 Å². The standard InChI is InChI=1S/C21H17FN4O4/c22-15-8-6-14(7-9-15)16-10-17(25-24-16)20(28)23-18(13-4-2-1-3-5-13)11-26-19(27)12-30-21(26)29/h1-10,18H,11-12H2,(H,23,28)(H,24,25). The van der Waals surface area contributed by atoms with E-state index in [1.54, 1.807) is 42.5 Å². The number of benzene rings is 2. The van der Waals surface area contributed by atoms with E-state index in [9.17, 15) is 18.8 Å². The average molecular weight is 408 g/mol. The lowest BCUT2D eigenvalue weighted by Crippen LogP contribution is -2.40. The van der Waals surface area contributed by atoms with E-state index in [4.69, 9.17) is 4.74 Å². The summed E-state index contributed by atoms with van der Waals surface area (Å²) in [7, 11) is 0. The van der Waals surface area contributed by atoms with Crippen molar-refractivity contribution in [2.24, 2.45) is 0 Å². The van der Waals surface area contributed by atoms with Gasteiger partial charge in [0.1, 0.15) is 11.5 Å². The maximum atomic E-state index is 13.1. The van der Waals surface area contributed by atoms with Gasteiger partial charge in [0.05, 0.1) is 18.3 Å². The van der Waals surface area contributed by atoms with Gasteiger partial charge < -0.3 is 10.1 Å². The van der Waals surface area contributed by atoms with Gasteiger partial charge in [-0.05, 0) is 35.9 Å². The summed E-state index contributed by atoms with van der Waals surface area (Å²) in [6, 6.07) is 15.6. The van der Waals surface area contributed by atoms with Crippen LogP contribution in [0.25, 0.3) is 11.3 Å². The lowest BCUT2D eigenvalue weighted by molar-refractivity contribution is -0.126. The summed E-state index contributed by atoms with van der Waals surface area (Å²) in [6.07, 6.45) is -0.740. The van der Waals surface area contributed by atoms with E-state index in [0.717, 1.165) is 10.5 Å². The number of aromatic amines is 1. The number of carbonyl (C=O) groups is 3. The second-order valence-electron chi connectivity index (χ2n) is 6.67. The maximum absolute atomic E-state index is 13.1. The molecule has 1 aliphatic rings. The molecule has 1 atom stereocenters. The van der Waals surface area contributed by atoms with Crippen molar-refractivity contribution >= 4 is 17.9 Å². The minimum atomic E-state index is -0.740. The normalized spacial score (nSPS) is 14.5. The molecule has 1 saturated heterocycles. The Labute approximate surface area is 170 Å². The SMILES string of the molecule is O=C(NC(CN1C(=O)COC1=O)c1ccccc1)c1cc(-c2ccc(F)cc2)n[nH]1. The zero-order chi connectivity index (χ0) is 21.1. The number of aromatic nitrogens is 2. The van der Waals surface area contributed by atoms with Gasteiger partial charge in [0.25, 0.3) is 11.8 Å². The molecule has 3 amide bonds. The summed E-state index contributed by atoms with van der Waals surface area (Å²) in [6.45, 7) is -0.373. The molecule has 4 rings (SSSR count). The van der Waals surface area contributed by atoms with Crippen molar-refractivity contribution < 1.29 is 23.5 Å². The molecule has 0 saturated carbocycles. The number of hydrogen-bond acceptors (Lipinski definition) is 5. The molecule has 2 aromatic carbocycles. The summed E-state index contributed by atoms with van der Waals surface area (Å²) >= 11 is 0. The fourth-order valence-corrected chi connectivity index (χ4v) is 3.10. The molecule has 0 bridgehead atoms. The second kappa shape index (κ2) is 8.16. The second-order valence-corrected chi connectivity index (χ2v) is 6.67. The van der Waals surface area contributed by atoms with Gasteiger partial charge in [0.2, 0.25) is 0 Å². The van der Waals surface area contributed by atoms with Crippen molar-refractivity contribution in [3.8, 4) is 11.3 Å². The average Bonchev–Trinajstić information content (AvgIpc) is 3.37. The Bertz CT molecular complexity index is 1070. The minimum absolute atomic E-state index is 0.0631. The van der Waals surface area contributed by atoms with Crippen LogP contribution in [-0.2, 0) is 9.53 Å². The Morgan fingerprint density at radius 3 is 2.57 bits per heavy atom. The van der Waals surface area contributed by atoms with Crippen LogP contribution in [0.1, 0.15) is 22.1 Å². The monoisotopic (exact) mass is 408 g/mol. The van der Waals surface area contributed by atoms with Crippen LogP contribution in [0.3, 0.4) is 0 Å². The van der Waals surface area contributed by atoms with Crippen molar-refractivity contribution in [1.29, 1.82) is 0 Å². The first kappa shape index (κ1) is 19.3. The summed E-state index contributed by atoms with van der Waals surface area (Å²) in [5, 5.41) is 9.58. The molecule has 0 spiro atoms. The molecule has 1 unspecified atom stereocenters. The largest absolute Gasteiger partial charge is 0.439 e. The third-order valence-electron chi connectivity index (χ3n) is 4.68. The van der Waals surface area contributed by atoms with Crippen molar-refractivity contribution in [3.63, 3.8) is 0 Å². The zero-order valence-electron chi connectivity index (χ0n) is 15.7. The third-order valence-corrected chi connectivity index (χ3v) is 4.68. The molecule has 8 nitrogen and oxygen atoms in total. The number of H-pyrrole nitrogens is 1. The Morgan fingerprint density at radius 2 is 1.90 bits per heavy atom. The molecule has 3 aromatic rings. The molecule has 0 aliphatic carbocycles. The Kier molecular flexibility index (Phi) is 5.25. The van der Waals surface area contributed by atoms with Gasteiger partial charge in [-0.3, -0.25) is 14.7 Å². The first-order valence-electron chi connectivity index (χ1n) is 9.15. The molecule has 2 heterocycles. The first-order valence-corrected chi connectivity index (χ1v) is 9.15. The maximum Gasteiger partial charge on any atom is 0.417 e. The van der Waals surface area contributed by atoms with Gasteiger partial charge in [0.15, 0.2) is 6.61 Å².